The molecule has 1 aromatic rings. The molecule has 0 spiro atoms. The molecule has 0 aliphatic carbocycles. The zero-order valence-electron chi connectivity index (χ0n) is 8.89. The first-order valence-corrected chi connectivity index (χ1v) is 4.81. The predicted molar refractivity (Wildman–Crippen MR) is 52.4 cm³/mol. The molecule has 0 radical (unpaired) electrons. The number of rotatable bonds is 1. The van der Waals surface area contributed by atoms with Gasteiger partial charge >= 0.3 is 6.18 Å². The van der Waals surface area contributed by atoms with Gasteiger partial charge in [-0.2, -0.15) is 13.2 Å². The molecule has 86 valence electrons. The average Bonchev–Trinajstić information content (AvgIpc) is 2.44. The minimum atomic E-state index is -4.24. The fourth-order valence-corrected chi connectivity index (χ4v) is 1.86. The van der Waals surface area contributed by atoms with Gasteiger partial charge in [0.05, 0.1) is 30.1 Å². The number of aryl methyl sites for hydroxylation is 2. The van der Waals surface area contributed by atoms with E-state index in [1.54, 1.807) is 13.8 Å². The highest BCUT2D eigenvalue weighted by Crippen LogP contribution is 2.28. The third kappa shape index (κ3) is 2.05. The van der Waals surface area contributed by atoms with Gasteiger partial charge in [0.1, 0.15) is 5.82 Å². The van der Waals surface area contributed by atoms with Gasteiger partial charge in [0.15, 0.2) is 0 Å². The van der Waals surface area contributed by atoms with Crippen LogP contribution in [0.15, 0.2) is 4.99 Å². The fraction of sp³-hybridized carbons (Fsp3) is 0.500. The monoisotopic (exact) mass is 229 g/mol. The van der Waals surface area contributed by atoms with E-state index >= 15 is 0 Å². The molecule has 1 aliphatic rings. The highest BCUT2D eigenvalue weighted by Gasteiger charge is 2.34. The molecule has 3 nitrogen and oxygen atoms in total. The lowest BCUT2D eigenvalue weighted by molar-refractivity contribution is -0.121. The summed E-state index contributed by atoms with van der Waals surface area (Å²) in [5.41, 5.74) is 1.70. The normalized spacial score (nSPS) is 14.9. The van der Waals surface area contributed by atoms with Crippen LogP contribution in [0.4, 0.5) is 13.2 Å². The lowest BCUT2D eigenvalue weighted by Gasteiger charge is -2.09. The zero-order chi connectivity index (χ0) is 11.9. The summed E-state index contributed by atoms with van der Waals surface area (Å²) < 4.78 is 36.9. The Balaban J connectivity index is 2.38. The summed E-state index contributed by atoms with van der Waals surface area (Å²) in [7, 11) is 0. The summed E-state index contributed by atoms with van der Waals surface area (Å²) in [4.78, 5) is 12.1. The van der Waals surface area contributed by atoms with Gasteiger partial charge in [0, 0.05) is 5.56 Å². The van der Waals surface area contributed by atoms with Crippen molar-refractivity contribution in [3.8, 4) is 0 Å². The first-order valence-electron chi connectivity index (χ1n) is 4.81. The summed E-state index contributed by atoms with van der Waals surface area (Å²) in [6.07, 6.45) is -5.25. The van der Waals surface area contributed by atoms with Crippen molar-refractivity contribution in [2.45, 2.75) is 33.0 Å². The van der Waals surface area contributed by atoms with E-state index < -0.39 is 12.6 Å². The summed E-state index contributed by atoms with van der Waals surface area (Å²) in [6.45, 7) is 3.63. The first-order chi connectivity index (χ1) is 7.37. The molecule has 0 amide bonds. The maximum absolute atomic E-state index is 12.3. The number of hydrogen-bond donors (Lipinski definition) is 0. The number of alkyl halides is 3. The second-order valence-electron chi connectivity index (χ2n) is 3.73. The Morgan fingerprint density at radius 3 is 2.50 bits per heavy atom. The molecule has 6 heteroatoms. The van der Waals surface area contributed by atoms with Crippen molar-refractivity contribution in [1.82, 2.24) is 9.97 Å². The molecule has 0 saturated heterocycles. The van der Waals surface area contributed by atoms with Gasteiger partial charge in [-0.1, -0.05) is 0 Å². The van der Waals surface area contributed by atoms with Crippen molar-refractivity contribution < 1.29 is 13.2 Å². The molecule has 1 aliphatic heterocycles. The van der Waals surface area contributed by atoms with Crippen LogP contribution in [0, 0.1) is 13.8 Å². The third-order valence-corrected chi connectivity index (χ3v) is 2.35. The number of halogens is 3. The van der Waals surface area contributed by atoms with Crippen molar-refractivity contribution in [1.29, 1.82) is 0 Å². The van der Waals surface area contributed by atoms with Crippen LogP contribution in [0.3, 0.4) is 0 Å². The van der Waals surface area contributed by atoms with E-state index in [9.17, 15) is 13.2 Å². The van der Waals surface area contributed by atoms with Crippen LogP contribution in [0.5, 0.6) is 0 Å². The van der Waals surface area contributed by atoms with Crippen LogP contribution in [0.25, 0.3) is 0 Å². The topological polar surface area (TPSA) is 38.1 Å². The van der Waals surface area contributed by atoms with Crippen molar-refractivity contribution in [3.63, 3.8) is 0 Å². The Bertz CT molecular complexity index is 463. The highest BCUT2D eigenvalue weighted by molar-refractivity contribution is 6.04. The molecule has 0 saturated carbocycles. The Morgan fingerprint density at radius 2 is 1.88 bits per heavy atom. The van der Waals surface area contributed by atoms with Crippen LogP contribution < -0.4 is 0 Å². The molecule has 0 atom stereocenters. The van der Waals surface area contributed by atoms with Crippen LogP contribution in [0.1, 0.15) is 29.2 Å². The number of hydrogen-bond acceptors (Lipinski definition) is 3. The minimum Gasteiger partial charge on any atom is -0.282 e. The van der Waals surface area contributed by atoms with Crippen molar-refractivity contribution in [2.24, 2.45) is 4.99 Å². The number of nitrogens with zero attached hydrogens (tertiary/aromatic N) is 3. The third-order valence-electron chi connectivity index (χ3n) is 2.35. The van der Waals surface area contributed by atoms with Crippen molar-refractivity contribution in [3.05, 3.63) is 22.8 Å². The Hall–Kier alpha value is -1.46. The van der Waals surface area contributed by atoms with Crippen LogP contribution in [-0.4, -0.2) is 21.9 Å². The lowest BCUT2D eigenvalue weighted by Crippen LogP contribution is -2.16. The number of aromatic nitrogens is 2. The van der Waals surface area contributed by atoms with E-state index in [1.165, 1.54) is 0 Å². The quantitative estimate of drug-likeness (QED) is 0.741. The van der Waals surface area contributed by atoms with Gasteiger partial charge in [-0.05, 0) is 13.8 Å². The van der Waals surface area contributed by atoms with Crippen molar-refractivity contribution >= 4 is 5.71 Å². The first kappa shape index (κ1) is 11.0. The molecule has 0 aromatic carbocycles. The molecule has 0 N–H and O–H groups in total. The predicted octanol–water partition coefficient (Wildman–Crippen LogP) is 2.35. The second kappa shape index (κ2) is 3.54. The average molecular weight is 229 g/mol. The summed E-state index contributed by atoms with van der Waals surface area (Å²) in [5, 5.41) is 0. The molecule has 2 rings (SSSR count). The fourth-order valence-electron chi connectivity index (χ4n) is 1.86. The summed E-state index contributed by atoms with van der Waals surface area (Å²) in [6, 6.07) is 0. The maximum Gasteiger partial charge on any atom is 0.394 e. The van der Waals surface area contributed by atoms with E-state index in [-0.39, 0.29) is 12.3 Å². The molecule has 2 heterocycles. The van der Waals surface area contributed by atoms with Gasteiger partial charge in [-0.25, -0.2) is 9.97 Å². The van der Waals surface area contributed by atoms with Gasteiger partial charge in [0.2, 0.25) is 0 Å². The number of fused-ring (bicyclic) bond motifs is 1. The lowest BCUT2D eigenvalue weighted by atomic mass is 10.1. The molecule has 16 heavy (non-hydrogen) atoms. The highest BCUT2D eigenvalue weighted by atomic mass is 19.4. The molecular formula is C10H10F3N3. The van der Waals surface area contributed by atoms with E-state index in [0.717, 1.165) is 0 Å². The molecule has 1 aromatic heterocycles. The van der Waals surface area contributed by atoms with E-state index in [4.69, 9.17) is 0 Å². The summed E-state index contributed by atoms with van der Waals surface area (Å²) in [5.74, 6) is 0.569. The van der Waals surface area contributed by atoms with Gasteiger partial charge in [-0.15, -0.1) is 0 Å². The second-order valence-corrected chi connectivity index (χ2v) is 3.73. The summed E-state index contributed by atoms with van der Waals surface area (Å²) >= 11 is 0. The molecule has 0 fully saturated rings. The van der Waals surface area contributed by atoms with E-state index in [2.05, 4.69) is 15.0 Å². The molecular weight excluding hydrogens is 219 g/mol. The zero-order valence-corrected chi connectivity index (χ0v) is 8.89. The smallest absolute Gasteiger partial charge is 0.282 e. The van der Waals surface area contributed by atoms with Crippen LogP contribution >= 0.6 is 0 Å². The van der Waals surface area contributed by atoms with Crippen LogP contribution in [-0.2, 0) is 6.54 Å². The van der Waals surface area contributed by atoms with E-state index in [1.807, 2.05) is 0 Å². The maximum atomic E-state index is 12.3. The number of aliphatic imine (C=N–C) groups is 1. The molecule has 0 bridgehead atoms. The van der Waals surface area contributed by atoms with Gasteiger partial charge in [-0.3, -0.25) is 4.99 Å². The van der Waals surface area contributed by atoms with Gasteiger partial charge in [0.25, 0.3) is 0 Å². The van der Waals surface area contributed by atoms with Crippen LogP contribution in [0.2, 0.25) is 0 Å². The largest absolute Gasteiger partial charge is 0.394 e. The molecule has 0 unspecified atom stereocenters. The Kier molecular flexibility index (Phi) is 2.44. The Labute approximate surface area is 90.4 Å². The minimum absolute atomic E-state index is 0.0556. The standard InChI is InChI=1S/C10H10F3N3/c1-5-9-7(3-10(11,12)13)14-4-8(9)16-6(2)15-5/h3-4H2,1-2H3. The SMILES string of the molecule is Cc1nc(C)c2c(n1)CN=C2CC(F)(F)F. The van der Waals surface area contributed by atoms with Gasteiger partial charge < -0.3 is 0 Å². The Morgan fingerprint density at radius 1 is 1.19 bits per heavy atom. The van der Waals surface area contributed by atoms with Crippen molar-refractivity contribution in [2.75, 3.05) is 0 Å². The van der Waals surface area contributed by atoms with E-state index in [0.29, 0.717) is 22.8 Å².